The normalized spacial score (nSPS) is 15.6. The van der Waals surface area contributed by atoms with Crippen LogP contribution in [0.2, 0.25) is 0 Å². The third-order valence-electron chi connectivity index (χ3n) is 4.36. The lowest BCUT2D eigenvalue weighted by molar-refractivity contribution is -0.167. The van der Waals surface area contributed by atoms with Crippen molar-refractivity contribution < 1.29 is 40.2 Å². The van der Waals surface area contributed by atoms with Gasteiger partial charge in [0, 0.05) is 6.07 Å². The van der Waals surface area contributed by atoms with Crippen LogP contribution in [0, 0.1) is 5.82 Å². The zero-order valence-corrected chi connectivity index (χ0v) is 17.4. The molecule has 0 aliphatic carbocycles. The monoisotopic (exact) mass is 462 g/mol. The van der Waals surface area contributed by atoms with Gasteiger partial charge in [-0.3, -0.25) is 9.10 Å². The van der Waals surface area contributed by atoms with Crippen molar-refractivity contribution in [3.63, 3.8) is 0 Å². The highest BCUT2D eigenvalue weighted by Gasteiger charge is 2.41. The highest BCUT2D eigenvalue weighted by molar-refractivity contribution is 7.92. The number of nitrogens with one attached hydrogen (secondary N) is 1. The van der Waals surface area contributed by atoms with E-state index in [4.69, 9.17) is 9.47 Å². The molecule has 168 valence electrons. The van der Waals surface area contributed by atoms with E-state index < -0.39 is 44.1 Å². The molecule has 1 N–H and O–H groups in total. The maximum Gasteiger partial charge on any atom is 0.471 e. The number of methoxy groups -OCH3 is 1. The summed E-state index contributed by atoms with van der Waals surface area (Å²) in [6.07, 6.45) is -5.19. The summed E-state index contributed by atoms with van der Waals surface area (Å²) in [4.78, 5) is 10.9. The zero-order valence-electron chi connectivity index (χ0n) is 16.6. The standard InChI is InChI=1S/C19H18F4N2O5S/c1-18(2)10-25(14-8-11(20)4-6-16(14)30-18)31(27,28)12-5-7-15(29-3)13(9-12)24-17(26)19(21,22)23/h4-9H,10H2,1-3H3,(H,24,26). The van der Waals surface area contributed by atoms with Gasteiger partial charge in [-0.25, -0.2) is 12.8 Å². The predicted octanol–water partition coefficient (Wildman–Crippen LogP) is 3.70. The van der Waals surface area contributed by atoms with Crippen molar-refractivity contribution in [2.24, 2.45) is 0 Å². The minimum atomic E-state index is -5.19. The van der Waals surface area contributed by atoms with E-state index in [-0.39, 0.29) is 23.7 Å². The molecule has 2 aromatic carbocycles. The van der Waals surface area contributed by atoms with Crippen LogP contribution in [0.15, 0.2) is 41.3 Å². The lowest BCUT2D eigenvalue weighted by Crippen LogP contribution is -2.49. The van der Waals surface area contributed by atoms with Crippen molar-refractivity contribution in [1.82, 2.24) is 0 Å². The number of sulfonamides is 1. The summed E-state index contributed by atoms with van der Waals surface area (Å²) in [5.74, 6) is -3.04. The quantitative estimate of drug-likeness (QED) is 0.701. The first kappa shape index (κ1) is 22.7. The van der Waals surface area contributed by atoms with Crippen LogP contribution in [-0.2, 0) is 14.8 Å². The Bertz CT molecular complexity index is 1130. The van der Waals surface area contributed by atoms with Gasteiger partial charge in [-0.15, -0.1) is 0 Å². The van der Waals surface area contributed by atoms with Crippen LogP contribution in [0.25, 0.3) is 0 Å². The second kappa shape index (κ2) is 7.59. The van der Waals surface area contributed by atoms with Crippen LogP contribution in [0.3, 0.4) is 0 Å². The maximum absolute atomic E-state index is 13.8. The SMILES string of the molecule is COc1ccc(S(=O)(=O)N2CC(C)(C)Oc3ccc(F)cc32)cc1NC(=O)C(F)(F)F. The summed E-state index contributed by atoms with van der Waals surface area (Å²) >= 11 is 0. The molecule has 0 aromatic heterocycles. The van der Waals surface area contributed by atoms with Gasteiger partial charge in [-0.1, -0.05) is 0 Å². The van der Waals surface area contributed by atoms with Crippen molar-refractivity contribution in [1.29, 1.82) is 0 Å². The molecule has 1 amide bonds. The highest BCUT2D eigenvalue weighted by atomic mass is 32.2. The first-order valence-electron chi connectivity index (χ1n) is 8.82. The number of carbonyl (C=O) groups excluding carboxylic acids is 1. The lowest BCUT2D eigenvalue weighted by atomic mass is 10.1. The molecule has 3 rings (SSSR count). The molecule has 2 aromatic rings. The van der Waals surface area contributed by atoms with Gasteiger partial charge in [0.15, 0.2) is 0 Å². The summed E-state index contributed by atoms with van der Waals surface area (Å²) in [7, 11) is -3.23. The van der Waals surface area contributed by atoms with Crippen LogP contribution in [0.4, 0.5) is 28.9 Å². The number of halogens is 4. The van der Waals surface area contributed by atoms with E-state index in [0.717, 1.165) is 41.7 Å². The van der Waals surface area contributed by atoms with Crippen LogP contribution >= 0.6 is 0 Å². The van der Waals surface area contributed by atoms with E-state index in [2.05, 4.69) is 0 Å². The second-order valence-corrected chi connectivity index (χ2v) is 9.16. The smallest absolute Gasteiger partial charge is 0.471 e. The third-order valence-corrected chi connectivity index (χ3v) is 6.12. The summed E-state index contributed by atoms with van der Waals surface area (Å²) in [5.41, 5.74) is -1.52. The molecule has 0 bridgehead atoms. The Kier molecular flexibility index (Phi) is 5.55. The fourth-order valence-corrected chi connectivity index (χ4v) is 4.66. The topological polar surface area (TPSA) is 84.9 Å². The summed E-state index contributed by atoms with van der Waals surface area (Å²) in [6, 6.07) is 6.45. The number of fused-ring (bicyclic) bond motifs is 1. The number of alkyl halides is 3. The van der Waals surface area contributed by atoms with Gasteiger partial charge >= 0.3 is 12.1 Å². The van der Waals surface area contributed by atoms with Gasteiger partial charge in [0.05, 0.1) is 29.9 Å². The zero-order chi connectivity index (χ0) is 23.2. The van der Waals surface area contributed by atoms with Crippen LogP contribution in [0.5, 0.6) is 11.5 Å². The minimum Gasteiger partial charge on any atom is -0.495 e. The molecule has 0 saturated carbocycles. The second-order valence-electron chi connectivity index (χ2n) is 7.30. The molecule has 0 atom stereocenters. The molecule has 1 heterocycles. The molecule has 1 aliphatic heterocycles. The average Bonchev–Trinajstić information content (AvgIpc) is 2.66. The Labute approximate surface area is 175 Å². The van der Waals surface area contributed by atoms with Crippen molar-refractivity contribution in [3.05, 3.63) is 42.2 Å². The predicted molar refractivity (Wildman–Crippen MR) is 103 cm³/mol. The Morgan fingerprint density at radius 1 is 1.19 bits per heavy atom. The number of hydrogen-bond acceptors (Lipinski definition) is 5. The van der Waals surface area contributed by atoms with Gasteiger partial charge in [0.1, 0.15) is 22.9 Å². The van der Waals surface area contributed by atoms with E-state index in [9.17, 15) is 30.8 Å². The van der Waals surface area contributed by atoms with E-state index in [0.29, 0.717) is 0 Å². The fraction of sp³-hybridized carbons (Fsp3) is 0.316. The fourth-order valence-electron chi connectivity index (χ4n) is 3.01. The van der Waals surface area contributed by atoms with Crippen LogP contribution in [0.1, 0.15) is 13.8 Å². The molecule has 31 heavy (non-hydrogen) atoms. The lowest BCUT2D eigenvalue weighted by Gasteiger charge is -2.40. The third kappa shape index (κ3) is 4.53. The number of anilines is 2. The first-order chi connectivity index (χ1) is 14.2. The molecule has 0 radical (unpaired) electrons. The van der Waals surface area contributed by atoms with E-state index in [1.165, 1.54) is 6.07 Å². The molecular weight excluding hydrogens is 444 g/mol. The average molecular weight is 462 g/mol. The van der Waals surface area contributed by atoms with E-state index in [1.807, 2.05) is 0 Å². The van der Waals surface area contributed by atoms with Crippen LogP contribution < -0.4 is 19.1 Å². The van der Waals surface area contributed by atoms with Crippen molar-refractivity contribution in [2.75, 3.05) is 23.3 Å². The Hall–Kier alpha value is -3.02. The van der Waals surface area contributed by atoms with Gasteiger partial charge in [-0.05, 0) is 44.2 Å². The number of nitrogens with zero attached hydrogens (tertiary/aromatic N) is 1. The number of carbonyl (C=O) groups is 1. The van der Waals surface area contributed by atoms with Gasteiger partial charge in [-0.2, -0.15) is 13.2 Å². The summed E-state index contributed by atoms with van der Waals surface area (Å²) in [6.45, 7) is 3.07. The van der Waals surface area contributed by atoms with E-state index in [1.54, 1.807) is 19.2 Å². The Balaban J connectivity index is 2.09. The number of amides is 1. The number of benzene rings is 2. The molecule has 0 unspecified atom stereocenters. The molecule has 1 aliphatic rings. The molecule has 0 saturated heterocycles. The van der Waals surface area contributed by atoms with Crippen molar-refractivity contribution in [2.45, 2.75) is 30.5 Å². The molecular formula is C19H18F4N2O5S. The molecule has 0 spiro atoms. The largest absolute Gasteiger partial charge is 0.495 e. The van der Waals surface area contributed by atoms with Gasteiger partial charge in [0.25, 0.3) is 10.0 Å². The number of ether oxygens (including phenoxy) is 2. The van der Waals surface area contributed by atoms with Gasteiger partial charge < -0.3 is 14.8 Å². The molecule has 12 heteroatoms. The highest BCUT2D eigenvalue weighted by Crippen LogP contribution is 2.41. The van der Waals surface area contributed by atoms with Crippen molar-refractivity contribution in [3.8, 4) is 11.5 Å². The minimum absolute atomic E-state index is 0.0592. The summed E-state index contributed by atoms with van der Waals surface area (Å²) in [5, 5.41) is 1.60. The summed E-state index contributed by atoms with van der Waals surface area (Å²) < 4.78 is 90.0. The molecule has 0 fully saturated rings. The Morgan fingerprint density at radius 2 is 1.87 bits per heavy atom. The Morgan fingerprint density at radius 3 is 2.48 bits per heavy atom. The van der Waals surface area contributed by atoms with Crippen molar-refractivity contribution >= 4 is 27.3 Å². The maximum atomic E-state index is 13.8. The molecule has 7 nitrogen and oxygen atoms in total. The number of rotatable bonds is 4. The van der Waals surface area contributed by atoms with Gasteiger partial charge in [0.2, 0.25) is 0 Å². The van der Waals surface area contributed by atoms with Crippen LogP contribution in [-0.4, -0.2) is 39.8 Å². The first-order valence-corrected chi connectivity index (χ1v) is 10.3. The number of hydrogen-bond donors (Lipinski definition) is 1. The van der Waals surface area contributed by atoms with E-state index >= 15 is 0 Å².